The molecule has 104 valence electrons. The van der Waals surface area contributed by atoms with Crippen molar-refractivity contribution in [1.29, 1.82) is 0 Å². The van der Waals surface area contributed by atoms with E-state index in [2.05, 4.69) is 5.32 Å². The average Bonchev–Trinajstić information content (AvgIpc) is 3.07. The van der Waals surface area contributed by atoms with Crippen molar-refractivity contribution in [3.05, 3.63) is 35.4 Å². The molecule has 0 saturated heterocycles. The van der Waals surface area contributed by atoms with Crippen molar-refractivity contribution in [2.75, 3.05) is 0 Å². The summed E-state index contributed by atoms with van der Waals surface area (Å²) in [4.78, 5) is 11.5. The molecule has 5 heteroatoms. The Labute approximate surface area is 110 Å². The molecule has 0 bridgehead atoms. The summed E-state index contributed by atoms with van der Waals surface area (Å²) in [5, 5.41) is 2.77. The third kappa shape index (κ3) is 3.08. The highest BCUT2D eigenvalue weighted by molar-refractivity contribution is 5.78. The summed E-state index contributed by atoms with van der Waals surface area (Å²) < 4.78 is 38.6. The maximum Gasteiger partial charge on any atom is 0.416 e. The molecule has 0 aromatic heterocycles. The number of amides is 1. The minimum Gasteiger partial charge on any atom is -0.353 e. The van der Waals surface area contributed by atoms with Crippen LogP contribution in [0.25, 0.3) is 0 Å². The summed E-state index contributed by atoms with van der Waals surface area (Å²) in [5.41, 5.74) is -0.314. The summed E-state index contributed by atoms with van der Waals surface area (Å²) in [6, 6.07) is 5.41. The Morgan fingerprint density at radius 2 is 1.95 bits per heavy atom. The second-order valence-electron chi connectivity index (χ2n) is 5.20. The third-order valence-corrected chi connectivity index (χ3v) is 3.31. The zero-order valence-electron chi connectivity index (χ0n) is 10.8. The topological polar surface area (TPSA) is 29.1 Å². The largest absolute Gasteiger partial charge is 0.416 e. The van der Waals surface area contributed by atoms with E-state index in [1.807, 2.05) is 0 Å². The van der Waals surface area contributed by atoms with Crippen molar-refractivity contribution in [3.8, 4) is 0 Å². The Bertz CT molecular complexity index is 482. The molecule has 2 rings (SSSR count). The van der Waals surface area contributed by atoms with E-state index in [0.29, 0.717) is 6.42 Å². The highest BCUT2D eigenvalue weighted by Crippen LogP contribution is 2.46. The molecule has 2 unspecified atom stereocenters. The van der Waals surface area contributed by atoms with E-state index < -0.39 is 11.7 Å². The molecule has 1 saturated carbocycles. The molecule has 1 fully saturated rings. The molecule has 19 heavy (non-hydrogen) atoms. The Hall–Kier alpha value is -1.52. The fraction of sp³-hybridized carbons (Fsp3) is 0.500. The van der Waals surface area contributed by atoms with Gasteiger partial charge in [-0.05, 0) is 18.1 Å². The number of carbonyl (C=O) groups is 1. The molecule has 1 aliphatic rings. The lowest BCUT2D eigenvalue weighted by molar-refractivity contribution is -0.138. The van der Waals surface area contributed by atoms with Crippen LogP contribution in [-0.2, 0) is 11.0 Å². The Morgan fingerprint density at radius 1 is 1.32 bits per heavy atom. The van der Waals surface area contributed by atoms with Crippen molar-refractivity contribution < 1.29 is 18.0 Å². The molecule has 0 spiro atoms. The van der Waals surface area contributed by atoms with Gasteiger partial charge in [0.25, 0.3) is 0 Å². The van der Waals surface area contributed by atoms with Crippen molar-refractivity contribution in [2.45, 2.75) is 38.4 Å². The molecule has 1 N–H and O–H groups in total. The fourth-order valence-electron chi connectivity index (χ4n) is 2.13. The summed E-state index contributed by atoms with van der Waals surface area (Å²) >= 11 is 0. The lowest BCUT2D eigenvalue weighted by Gasteiger charge is -2.13. The van der Waals surface area contributed by atoms with E-state index >= 15 is 0 Å². The van der Waals surface area contributed by atoms with E-state index in [0.717, 1.165) is 6.07 Å². The molecule has 2 nitrogen and oxygen atoms in total. The number of benzene rings is 1. The summed E-state index contributed by atoms with van der Waals surface area (Å²) in [5.74, 6) is -0.489. The number of carbonyl (C=O) groups excluding carboxylic acids is 1. The van der Waals surface area contributed by atoms with Gasteiger partial charge in [0.05, 0.1) is 5.56 Å². The van der Waals surface area contributed by atoms with Gasteiger partial charge in [-0.3, -0.25) is 4.79 Å². The van der Waals surface area contributed by atoms with Gasteiger partial charge in [-0.15, -0.1) is 0 Å². The van der Waals surface area contributed by atoms with Crippen molar-refractivity contribution in [1.82, 2.24) is 5.32 Å². The SMILES string of the molecule is CC(C)C(=O)NC1CC1c1ccccc1C(F)(F)F. The minimum atomic E-state index is -4.34. The predicted octanol–water partition coefficient (Wildman–Crippen LogP) is 3.33. The van der Waals surface area contributed by atoms with Gasteiger partial charge >= 0.3 is 6.18 Å². The molecule has 1 amide bonds. The molecule has 1 aromatic rings. The number of rotatable bonds is 3. The van der Waals surface area contributed by atoms with Crippen LogP contribution in [0.1, 0.15) is 37.3 Å². The highest BCUT2D eigenvalue weighted by Gasteiger charge is 2.44. The third-order valence-electron chi connectivity index (χ3n) is 3.31. The average molecular weight is 271 g/mol. The van der Waals surface area contributed by atoms with Crippen LogP contribution in [-0.4, -0.2) is 11.9 Å². The van der Waals surface area contributed by atoms with E-state index in [1.165, 1.54) is 12.1 Å². The lowest BCUT2D eigenvalue weighted by atomic mass is 10.0. The lowest BCUT2D eigenvalue weighted by Crippen LogP contribution is -2.30. The first kappa shape index (κ1) is 13.9. The van der Waals surface area contributed by atoms with Gasteiger partial charge in [0.2, 0.25) is 5.91 Å². The highest BCUT2D eigenvalue weighted by atomic mass is 19.4. The second-order valence-corrected chi connectivity index (χ2v) is 5.20. The van der Waals surface area contributed by atoms with Crippen molar-refractivity contribution >= 4 is 5.91 Å². The molecule has 0 aliphatic heterocycles. The monoisotopic (exact) mass is 271 g/mol. The van der Waals surface area contributed by atoms with Crippen LogP contribution in [0, 0.1) is 5.92 Å². The Balaban J connectivity index is 2.12. The maximum atomic E-state index is 12.9. The minimum absolute atomic E-state index is 0.114. The zero-order valence-corrected chi connectivity index (χ0v) is 10.8. The maximum absolute atomic E-state index is 12.9. The molecule has 0 heterocycles. The number of halogens is 3. The van der Waals surface area contributed by atoms with Crippen molar-refractivity contribution in [2.24, 2.45) is 5.92 Å². The molecule has 0 radical (unpaired) electrons. The van der Waals surface area contributed by atoms with Crippen LogP contribution in [0.4, 0.5) is 13.2 Å². The van der Waals surface area contributed by atoms with Gasteiger partial charge in [-0.2, -0.15) is 13.2 Å². The normalized spacial score (nSPS) is 22.4. The molecule has 1 aromatic carbocycles. The second kappa shape index (κ2) is 4.87. The van der Waals surface area contributed by atoms with Crippen LogP contribution < -0.4 is 5.32 Å². The number of nitrogens with one attached hydrogen (secondary N) is 1. The first-order chi connectivity index (χ1) is 8.80. The van der Waals surface area contributed by atoms with E-state index in [9.17, 15) is 18.0 Å². The van der Waals surface area contributed by atoms with Gasteiger partial charge < -0.3 is 5.32 Å². The summed E-state index contributed by atoms with van der Waals surface area (Å²) in [6.07, 6.45) is -3.77. The quantitative estimate of drug-likeness (QED) is 0.897. The molecule has 1 aliphatic carbocycles. The molecular weight excluding hydrogens is 255 g/mol. The van der Waals surface area contributed by atoms with Crippen molar-refractivity contribution in [3.63, 3.8) is 0 Å². The first-order valence-corrected chi connectivity index (χ1v) is 6.27. The predicted molar refractivity (Wildman–Crippen MR) is 65.6 cm³/mol. The van der Waals surface area contributed by atoms with Gasteiger partial charge in [0, 0.05) is 17.9 Å². The summed E-state index contributed by atoms with van der Waals surface area (Å²) in [7, 11) is 0. The smallest absolute Gasteiger partial charge is 0.353 e. The standard InChI is InChI=1S/C14H16F3NO/c1-8(2)13(19)18-12-7-10(12)9-5-3-4-6-11(9)14(15,16)17/h3-6,8,10,12H,7H2,1-2H3,(H,18,19). The zero-order chi connectivity index (χ0) is 14.2. The van der Waals surface area contributed by atoms with E-state index in [1.54, 1.807) is 19.9 Å². The van der Waals surface area contributed by atoms with Gasteiger partial charge in [-0.1, -0.05) is 32.0 Å². The number of alkyl halides is 3. The summed E-state index contributed by atoms with van der Waals surface area (Å²) in [6.45, 7) is 3.52. The van der Waals surface area contributed by atoms with Crippen LogP contribution in [0.3, 0.4) is 0 Å². The molecule has 2 atom stereocenters. The van der Waals surface area contributed by atoms with Crippen LogP contribution >= 0.6 is 0 Å². The fourth-order valence-corrected chi connectivity index (χ4v) is 2.13. The van der Waals surface area contributed by atoms with Crippen LogP contribution in [0.5, 0.6) is 0 Å². The van der Waals surface area contributed by atoms with Gasteiger partial charge in [0.15, 0.2) is 0 Å². The van der Waals surface area contributed by atoms with Gasteiger partial charge in [-0.25, -0.2) is 0 Å². The first-order valence-electron chi connectivity index (χ1n) is 6.27. The number of hydrogen-bond acceptors (Lipinski definition) is 1. The van der Waals surface area contributed by atoms with Crippen LogP contribution in [0.15, 0.2) is 24.3 Å². The van der Waals surface area contributed by atoms with Crippen LogP contribution in [0.2, 0.25) is 0 Å². The van der Waals surface area contributed by atoms with Gasteiger partial charge in [0.1, 0.15) is 0 Å². The number of hydrogen-bond donors (Lipinski definition) is 1. The Kier molecular flexibility index (Phi) is 3.56. The molecular formula is C14H16F3NO. The van der Waals surface area contributed by atoms with E-state index in [-0.39, 0.29) is 29.3 Å². The van der Waals surface area contributed by atoms with E-state index in [4.69, 9.17) is 0 Å². The Morgan fingerprint density at radius 3 is 2.53 bits per heavy atom.